The van der Waals surface area contributed by atoms with Crippen LogP contribution in [0.4, 0.5) is 0 Å². The number of aliphatic imine (C=N–C) groups is 1. The number of hydrogen-bond donors (Lipinski definition) is 0. The highest BCUT2D eigenvalue weighted by molar-refractivity contribution is 9.10. The third kappa shape index (κ3) is 2.21. The molecule has 3 aliphatic rings. The number of carbonyl (C=O) groups excluding carboxylic acids is 2. The molecule has 5 rings (SSSR count). The normalized spacial score (nSPS) is 24.1. The first-order chi connectivity index (χ1) is 12.6. The van der Waals surface area contributed by atoms with Crippen LogP contribution >= 0.6 is 15.9 Å². The molecule has 0 radical (unpaired) electrons. The van der Waals surface area contributed by atoms with Crippen molar-refractivity contribution in [3.63, 3.8) is 0 Å². The zero-order chi connectivity index (χ0) is 17.8. The van der Waals surface area contributed by atoms with Gasteiger partial charge in [-0.2, -0.15) is 0 Å². The first-order valence-electron chi connectivity index (χ1n) is 8.89. The van der Waals surface area contributed by atoms with Crippen LogP contribution in [0, 0.1) is 5.92 Å². The van der Waals surface area contributed by atoms with Gasteiger partial charge in [-0.1, -0.05) is 52.3 Å². The van der Waals surface area contributed by atoms with Crippen LogP contribution in [0.25, 0.3) is 0 Å². The van der Waals surface area contributed by atoms with Crippen LogP contribution in [-0.2, 0) is 4.79 Å². The Morgan fingerprint density at radius 1 is 0.885 bits per heavy atom. The summed E-state index contributed by atoms with van der Waals surface area (Å²) in [6.45, 7) is 0. The molecule has 0 amide bonds. The van der Waals surface area contributed by atoms with E-state index in [1.54, 1.807) is 0 Å². The van der Waals surface area contributed by atoms with Crippen LogP contribution in [0.3, 0.4) is 0 Å². The number of fused-ring (bicyclic) bond motifs is 3. The SMILES string of the molecule is O=C1CCCC2=C1[C@@H](c1ccc(Br)cc1)[C@@H]1C(=O)c3ccccc3C1=N2. The van der Waals surface area contributed by atoms with E-state index in [4.69, 9.17) is 4.99 Å². The molecule has 3 nitrogen and oxygen atoms in total. The number of benzene rings is 2. The van der Waals surface area contributed by atoms with Crippen molar-refractivity contribution in [3.05, 3.63) is 81.0 Å². The maximum atomic E-state index is 13.2. The van der Waals surface area contributed by atoms with E-state index in [2.05, 4.69) is 15.9 Å². The minimum Gasteiger partial charge on any atom is -0.294 e. The van der Waals surface area contributed by atoms with Gasteiger partial charge in [0.25, 0.3) is 0 Å². The molecule has 2 aromatic rings. The summed E-state index contributed by atoms with van der Waals surface area (Å²) in [7, 11) is 0. The van der Waals surface area contributed by atoms with Crippen LogP contribution in [0.2, 0.25) is 0 Å². The predicted molar refractivity (Wildman–Crippen MR) is 104 cm³/mol. The number of carbonyl (C=O) groups is 2. The number of hydrogen-bond acceptors (Lipinski definition) is 3. The van der Waals surface area contributed by atoms with Crippen molar-refractivity contribution >= 4 is 33.2 Å². The van der Waals surface area contributed by atoms with Crippen molar-refractivity contribution in [2.75, 3.05) is 0 Å². The molecular weight excluding hydrogens is 390 g/mol. The Kier molecular flexibility index (Phi) is 3.57. The Labute approximate surface area is 160 Å². The Balaban J connectivity index is 1.76. The third-order valence-electron chi connectivity index (χ3n) is 5.60. The minimum absolute atomic E-state index is 0.0807. The molecule has 0 saturated carbocycles. The average molecular weight is 406 g/mol. The Morgan fingerprint density at radius 2 is 1.62 bits per heavy atom. The number of ketones is 2. The quantitative estimate of drug-likeness (QED) is 0.680. The van der Waals surface area contributed by atoms with Crippen molar-refractivity contribution in [3.8, 4) is 0 Å². The highest BCUT2D eigenvalue weighted by Gasteiger charge is 2.48. The van der Waals surface area contributed by atoms with Crippen LogP contribution < -0.4 is 0 Å². The summed E-state index contributed by atoms with van der Waals surface area (Å²) >= 11 is 3.47. The van der Waals surface area contributed by atoms with Gasteiger partial charge in [0, 0.05) is 39.2 Å². The largest absolute Gasteiger partial charge is 0.294 e. The van der Waals surface area contributed by atoms with Gasteiger partial charge in [-0.15, -0.1) is 0 Å². The molecule has 2 aliphatic carbocycles. The van der Waals surface area contributed by atoms with Crippen LogP contribution in [-0.4, -0.2) is 17.3 Å². The van der Waals surface area contributed by atoms with E-state index >= 15 is 0 Å². The lowest BCUT2D eigenvalue weighted by molar-refractivity contribution is -0.116. The molecular formula is C22H16BrNO2. The van der Waals surface area contributed by atoms with E-state index in [0.717, 1.165) is 51.0 Å². The molecule has 26 heavy (non-hydrogen) atoms. The Bertz CT molecular complexity index is 1020. The molecule has 0 bridgehead atoms. The van der Waals surface area contributed by atoms with Gasteiger partial charge in [-0.05, 0) is 30.5 Å². The van der Waals surface area contributed by atoms with E-state index in [1.807, 2.05) is 48.5 Å². The van der Waals surface area contributed by atoms with Gasteiger partial charge in [0.05, 0.1) is 11.6 Å². The molecule has 1 aliphatic heterocycles. The number of rotatable bonds is 1. The second-order valence-electron chi connectivity index (χ2n) is 7.05. The zero-order valence-electron chi connectivity index (χ0n) is 14.0. The lowest BCUT2D eigenvalue weighted by Gasteiger charge is -2.33. The highest BCUT2D eigenvalue weighted by Crippen LogP contribution is 2.48. The fraction of sp³-hybridized carbons (Fsp3) is 0.227. The lowest BCUT2D eigenvalue weighted by atomic mass is 9.71. The molecule has 0 spiro atoms. The van der Waals surface area contributed by atoms with E-state index in [9.17, 15) is 9.59 Å². The monoisotopic (exact) mass is 405 g/mol. The molecule has 0 unspecified atom stereocenters. The van der Waals surface area contributed by atoms with Crippen molar-refractivity contribution < 1.29 is 9.59 Å². The number of nitrogens with zero attached hydrogens (tertiary/aromatic N) is 1. The van der Waals surface area contributed by atoms with E-state index in [-0.39, 0.29) is 17.5 Å². The zero-order valence-corrected chi connectivity index (χ0v) is 15.6. The molecule has 0 fully saturated rings. The molecule has 0 saturated heterocycles. The fourth-order valence-electron chi connectivity index (χ4n) is 4.48. The maximum absolute atomic E-state index is 13.2. The third-order valence-corrected chi connectivity index (χ3v) is 6.13. The van der Waals surface area contributed by atoms with E-state index in [1.165, 1.54) is 0 Å². The average Bonchev–Trinajstić information content (AvgIpc) is 2.94. The van der Waals surface area contributed by atoms with Gasteiger partial charge in [-0.25, -0.2) is 0 Å². The fourth-order valence-corrected chi connectivity index (χ4v) is 4.74. The Morgan fingerprint density at radius 3 is 2.38 bits per heavy atom. The van der Waals surface area contributed by atoms with Crippen molar-refractivity contribution in [2.45, 2.75) is 25.2 Å². The summed E-state index contributed by atoms with van der Waals surface area (Å²) in [6.07, 6.45) is 2.19. The summed E-state index contributed by atoms with van der Waals surface area (Å²) in [4.78, 5) is 30.9. The molecule has 2 aromatic carbocycles. The van der Waals surface area contributed by atoms with Crippen LogP contribution in [0.15, 0.2) is 69.3 Å². The van der Waals surface area contributed by atoms with Gasteiger partial charge >= 0.3 is 0 Å². The van der Waals surface area contributed by atoms with Gasteiger partial charge in [0.1, 0.15) is 0 Å². The number of Topliss-reactive ketones (excluding diaryl/α,β-unsaturated/α-hetero) is 2. The molecule has 128 valence electrons. The van der Waals surface area contributed by atoms with Crippen molar-refractivity contribution in [1.29, 1.82) is 0 Å². The first kappa shape index (κ1) is 15.9. The van der Waals surface area contributed by atoms with Gasteiger partial charge in [0.15, 0.2) is 11.6 Å². The molecule has 1 heterocycles. The summed E-state index contributed by atoms with van der Waals surface area (Å²) in [6, 6.07) is 15.7. The molecule has 2 atom stereocenters. The Hall–Kier alpha value is -2.33. The lowest BCUT2D eigenvalue weighted by Crippen LogP contribution is -2.33. The molecule has 0 aromatic heterocycles. The van der Waals surface area contributed by atoms with Crippen LogP contribution in [0.1, 0.15) is 46.7 Å². The molecule has 4 heteroatoms. The van der Waals surface area contributed by atoms with Gasteiger partial charge < -0.3 is 0 Å². The summed E-state index contributed by atoms with van der Waals surface area (Å²) in [5.74, 6) is -0.407. The van der Waals surface area contributed by atoms with Crippen molar-refractivity contribution in [1.82, 2.24) is 0 Å². The summed E-state index contributed by atoms with van der Waals surface area (Å²) in [5.41, 5.74) is 5.14. The number of allylic oxidation sites excluding steroid dienone is 2. The number of halogens is 1. The maximum Gasteiger partial charge on any atom is 0.173 e. The summed E-state index contributed by atoms with van der Waals surface area (Å²) < 4.78 is 0.983. The van der Waals surface area contributed by atoms with Gasteiger partial charge in [0.2, 0.25) is 0 Å². The van der Waals surface area contributed by atoms with E-state index < -0.39 is 5.92 Å². The second kappa shape index (κ2) is 5.85. The van der Waals surface area contributed by atoms with Crippen LogP contribution in [0.5, 0.6) is 0 Å². The summed E-state index contributed by atoms with van der Waals surface area (Å²) in [5, 5.41) is 0. The standard InChI is InChI=1S/C22H16BrNO2/c23-13-10-8-12(9-11-13)18-19-16(6-3-7-17(19)25)24-21-14-4-1-2-5-15(14)22(26)20(18)21/h1-2,4-5,8-11,18,20H,3,6-7H2/t18-,20+/m1/s1. The smallest absolute Gasteiger partial charge is 0.173 e. The van der Waals surface area contributed by atoms with Crippen molar-refractivity contribution in [2.24, 2.45) is 10.9 Å². The second-order valence-corrected chi connectivity index (χ2v) is 7.97. The topological polar surface area (TPSA) is 46.5 Å². The first-order valence-corrected chi connectivity index (χ1v) is 9.68. The minimum atomic E-state index is -0.394. The predicted octanol–water partition coefficient (Wildman–Crippen LogP) is 4.86. The van der Waals surface area contributed by atoms with E-state index in [0.29, 0.717) is 6.42 Å². The van der Waals surface area contributed by atoms with Gasteiger partial charge in [-0.3, -0.25) is 14.6 Å². The highest BCUT2D eigenvalue weighted by atomic mass is 79.9. The molecule has 0 N–H and O–H groups in total.